The van der Waals surface area contributed by atoms with Crippen LogP contribution in [0.4, 0.5) is 0 Å². The van der Waals surface area contributed by atoms with Crippen LogP contribution < -0.4 is 14.8 Å². The molecule has 1 unspecified atom stereocenters. The van der Waals surface area contributed by atoms with E-state index in [1.54, 1.807) is 25.3 Å². The zero-order valence-corrected chi connectivity index (χ0v) is 12.3. The molecule has 1 atom stereocenters. The second kappa shape index (κ2) is 8.43. The summed E-state index contributed by atoms with van der Waals surface area (Å²) in [5, 5.41) is 11.8. The fourth-order valence-corrected chi connectivity index (χ4v) is 1.83. The highest BCUT2D eigenvalue weighted by atomic mass is 16.5. The number of hydrogen-bond donors (Lipinski definition) is 2. The van der Waals surface area contributed by atoms with Crippen molar-refractivity contribution >= 4 is 5.91 Å². The zero-order chi connectivity index (χ0) is 15.0. The summed E-state index contributed by atoms with van der Waals surface area (Å²) in [5.74, 6) is 1.24. The predicted octanol–water partition coefficient (Wildman–Crippen LogP) is 1.84. The van der Waals surface area contributed by atoms with Gasteiger partial charge in [-0.05, 0) is 30.9 Å². The lowest BCUT2D eigenvalue weighted by Crippen LogP contribution is -2.25. The van der Waals surface area contributed by atoms with Gasteiger partial charge in [0, 0.05) is 19.2 Å². The average molecular weight is 281 g/mol. The molecule has 0 aliphatic carbocycles. The molecule has 0 aromatic heterocycles. The van der Waals surface area contributed by atoms with E-state index in [4.69, 9.17) is 14.6 Å². The molecule has 0 heterocycles. The number of amides is 1. The number of carbonyl (C=O) groups excluding carboxylic acids is 1. The van der Waals surface area contributed by atoms with E-state index in [2.05, 4.69) is 5.32 Å². The first-order valence-corrected chi connectivity index (χ1v) is 6.73. The van der Waals surface area contributed by atoms with Crippen LogP contribution in [0.2, 0.25) is 0 Å². The molecule has 0 aliphatic rings. The van der Waals surface area contributed by atoms with Crippen molar-refractivity contribution in [2.75, 3.05) is 27.4 Å². The number of ether oxygens (including phenoxy) is 2. The van der Waals surface area contributed by atoms with E-state index < -0.39 is 0 Å². The second-order valence-corrected chi connectivity index (χ2v) is 4.75. The quantitative estimate of drug-likeness (QED) is 0.714. The molecular formula is C15H23NO4. The highest BCUT2D eigenvalue weighted by molar-refractivity contribution is 5.97. The summed E-state index contributed by atoms with van der Waals surface area (Å²) in [4.78, 5) is 12.1. The Labute approximate surface area is 119 Å². The number of carbonyl (C=O) groups is 1. The molecule has 1 rings (SSSR count). The molecule has 0 spiro atoms. The van der Waals surface area contributed by atoms with Gasteiger partial charge in [0.1, 0.15) is 11.5 Å². The summed E-state index contributed by atoms with van der Waals surface area (Å²) < 4.78 is 10.3. The average Bonchev–Trinajstić information content (AvgIpc) is 2.50. The van der Waals surface area contributed by atoms with E-state index in [1.165, 1.54) is 7.11 Å². The first kappa shape index (κ1) is 16.3. The lowest BCUT2D eigenvalue weighted by Gasteiger charge is -2.11. The third kappa shape index (κ3) is 4.74. The van der Waals surface area contributed by atoms with Crippen molar-refractivity contribution in [1.29, 1.82) is 0 Å². The summed E-state index contributed by atoms with van der Waals surface area (Å²) in [7, 11) is 3.09. The molecule has 20 heavy (non-hydrogen) atoms. The van der Waals surface area contributed by atoms with Gasteiger partial charge in [0.15, 0.2) is 0 Å². The van der Waals surface area contributed by atoms with Crippen LogP contribution in [0.1, 0.15) is 30.1 Å². The van der Waals surface area contributed by atoms with Crippen LogP contribution in [0.5, 0.6) is 11.5 Å². The van der Waals surface area contributed by atoms with Crippen molar-refractivity contribution < 1.29 is 19.4 Å². The summed E-state index contributed by atoms with van der Waals surface area (Å²) in [6, 6.07) is 5.09. The Morgan fingerprint density at radius 3 is 2.70 bits per heavy atom. The molecule has 0 radical (unpaired) electrons. The van der Waals surface area contributed by atoms with E-state index in [1.807, 2.05) is 6.92 Å². The van der Waals surface area contributed by atoms with E-state index in [0.717, 1.165) is 12.8 Å². The normalized spacial score (nSPS) is 11.8. The Morgan fingerprint density at radius 2 is 2.10 bits per heavy atom. The van der Waals surface area contributed by atoms with Crippen LogP contribution in [-0.4, -0.2) is 38.4 Å². The number of aliphatic hydroxyl groups excluding tert-OH is 1. The van der Waals surface area contributed by atoms with Crippen LogP contribution in [0.25, 0.3) is 0 Å². The van der Waals surface area contributed by atoms with Gasteiger partial charge in [0.05, 0.1) is 19.8 Å². The molecule has 0 saturated heterocycles. The fourth-order valence-electron chi connectivity index (χ4n) is 1.83. The van der Waals surface area contributed by atoms with Crippen LogP contribution in [0.3, 0.4) is 0 Å². The van der Waals surface area contributed by atoms with E-state index >= 15 is 0 Å². The number of benzene rings is 1. The maximum Gasteiger partial charge on any atom is 0.255 e. The van der Waals surface area contributed by atoms with Crippen molar-refractivity contribution in [2.45, 2.75) is 19.8 Å². The minimum atomic E-state index is -0.166. The van der Waals surface area contributed by atoms with Crippen molar-refractivity contribution in [2.24, 2.45) is 5.92 Å². The third-order valence-corrected chi connectivity index (χ3v) is 3.12. The maximum absolute atomic E-state index is 12.1. The van der Waals surface area contributed by atoms with Gasteiger partial charge in [-0.25, -0.2) is 0 Å². The summed E-state index contributed by atoms with van der Waals surface area (Å²) in [5.41, 5.74) is 0.489. The predicted molar refractivity (Wildman–Crippen MR) is 77.4 cm³/mol. The van der Waals surface area contributed by atoms with Gasteiger partial charge in [-0.1, -0.05) is 6.92 Å². The molecule has 0 fully saturated rings. The number of rotatable bonds is 8. The SMILES string of the molecule is COc1ccc(C(=O)NCCCC(C)CO)c(OC)c1. The van der Waals surface area contributed by atoms with Crippen LogP contribution in [0, 0.1) is 5.92 Å². The van der Waals surface area contributed by atoms with E-state index in [0.29, 0.717) is 23.6 Å². The van der Waals surface area contributed by atoms with Crippen LogP contribution in [-0.2, 0) is 0 Å². The summed E-state index contributed by atoms with van der Waals surface area (Å²) in [6.45, 7) is 2.74. The summed E-state index contributed by atoms with van der Waals surface area (Å²) >= 11 is 0. The molecule has 1 aromatic carbocycles. The van der Waals surface area contributed by atoms with Gasteiger partial charge in [-0.15, -0.1) is 0 Å². The minimum absolute atomic E-state index is 0.166. The Morgan fingerprint density at radius 1 is 1.35 bits per heavy atom. The number of nitrogens with one attached hydrogen (secondary N) is 1. The first-order chi connectivity index (χ1) is 9.62. The molecule has 1 amide bonds. The molecular weight excluding hydrogens is 258 g/mol. The molecule has 0 saturated carbocycles. The second-order valence-electron chi connectivity index (χ2n) is 4.75. The molecule has 1 aromatic rings. The Hall–Kier alpha value is -1.75. The van der Waals surface area contributed by atoms with Crippen molar-refractivity contribution in [3.63, 3.8) is 0 Å². The van der Waals surface area contributed by atoms with Gasteiger partial charge < -0.3 is 19.9 Å². The van der Waals surface area contributed by atoms with Crippen molar-refractivity contribution in [3.05, 3.63) is 23.8 Å². The Kier molecular flexibility index (Phi) is 6.87. The lowest BCUT2D eigenvalue weighted by molar-refractivity contribution is 0.0949. The van der Waals surface area contributed by atoms with Crippen molar-refractivity contribution in [1.82, 2.24) is 5.32 Å². The van der Waals surface area contributed by atoms with Gasteiger partial charge in [0.25, 0.3) is 5.91 Å². The van der Waals surface area contributed by atoms with Crippen LogP contribution >= 0.6 is 0 Å². The zero-order valence-electron chi connectivity index (χ0n) is 12.3. The standard InChI is InChI=1S/C15H23NO4/c1-11(10-17)5-4-8-16-15(18)13-7-6-12(19-2)9-14(13)20-3/h6-7,9,11,17H,4-5,8,10H2,1-3H3,(H,16,18). The van der Waals surface area contributed by atoms with Gasteiger partial charge in [-0.2, -0.15) is 0 Å². The number of methoxy groups -OCH3 is 2. The van der Waals surface area contributed by atoms with E-state index in [9.17, 15) is 4.79 Å². The van der Waals surface area contributed by atoms with Crippen molar-refractivity contribution in [3.8, 4) is 11.5 Å². The summed E-state index contributed by atoms with van der Waals surface area (Å²) in [6.07, 6.45) is 1.72. The number of aliphatic hydroxyl groups is 1. The first-order valence-electron chi connectivity index (χ1n) is 6.73. The van der Waals surface area contributed by atoms with Gasteiger partial charge >= 0.3 is 0 Å². The molecule has 112 valence electrons. The van der Waals surface area contributed by atoms with Gasteiger partial charge in [0.2, 0.25) is 0 Å². The monoisotopic (exact) mass is 281 g/mol. The maximum atomic E-state index is 12.1. The number of hydrogen-bond acceptors (Lipinski definition) is 4. The largest absolute Gasteiger partial charge is 0.497 e. The Balaban J connectivity index is 2.55. The fraction of sp³-hybridized carbons (Fsp3) is 0.533. The minimum Gasteiger partial charge on any atom is -0.497 e. The molecule has 5 nitrogen and oxygen atoms in total. The van der Waals surface area contributed by atoms with Crippen LogP contribution in [0.15, 0.2) is 18.2 Å². The molecule has 0 bridgehead atoms. The highest BCUT2D eigenvalue weighted by Crippen LogP contribution is 2.24. The third-order valence-electron chi connectivity index (χ3n) is 3.12. The molecule has 2 N–H and O–H groups in total. The Bertz CT molecular complexity index is 434. The topological polar surface area (TPSA) is 67.8 Å². The molecule has 5 heteroatoms. The van der Waals surface area contributed by atoms with Gasteiger partial charge in [-0.3, -0.25) is 4.79 Å². The lowest BCUT2D eigenvalue weighted by atomic mass is 10.1. The highest BCUT2D eigenvalue weighted by Gasteiger charge is 2.12. The molecule has 0 aliphatic heterocycles. The van der Waals surface area contributed by atoms with E-state index in [-0.39, 0.29) is 18.4 Å². The smallest absolute Gasteiger partial charge is 0.255 e.